The average molecular weight is 336 g/mol. The molecule has 1 aromatic carbocycles. The number of benzene rings is 1. The van der Waals surface area contributed by atoms with Crippen molar-refractivity contribution >= 4 is 34.0 Å². The maximum atomic E-state index is 12.5. The van der Waals surface area contributed by atoms with Gasteiger partial charge in [-0.25, -0.2) is 0 Å². The van der Waals surface area contributed by atoms with Gasteiger partial charge in [0.2, 0.25) is 11.0 Å². The highest BCUT2D eigenvalue weighted by Crippen LogP contribution is 2.31. The Morgan fingerprint density at radius 1 is 1.18 bits per heavy atom. The first-order chi connectivity index (χ1) is 10.6. The first kappa shape index (κ1) is 15.4. The SMILES string of the molecule is CN(C(=O)C1CCCCC1)c1nnc(-c2ccc(Cl)cc2)s1. The summed E-state index contributed by atoms with van der Waals surface area (Å²) in [6.45, 7) is 0. The molecule has 1 fully saturated rings. The number of carbonyl (C=O) groups is 1. The normalized spacial score (nSPS) is 15.7. The largest absolute Gasteiger partial charge is 0.290 e. The number of halogens is 1. The van der Waals surface area contributed by atoms with Crippen molar-refractivity contribution in [1.82, 2.24) is 10.2 Å². The van der Waals surface area contributed by atoms with Crippen LogP contribution in [0.4, 0.5) is 5.13 Å². The standard InChI is InChI=1S/C16H18ClN3OS/c1-20(15(21)12-5-3-2-4-6-12)16-19-18-14(22-16)11-7-9-13(17)10-8-11/h7-10,12H,2-6H2,1H3. The van der Waals surface area contributed by atoms with Crippen molar-refractivity contribution in [2.24, 2.45) is 5.92 Å². The number of amides is 1. The molecule has 0 saturated heterocycles. The van der Waals surface area contributed by atoms with Gasteiger partial charge in [0.15, 0.2) is 0 Å². The minimum atomic E-state index is 0.140. The summed E-state index contributed by atoms with van der Waals surface area (Å²) in [5, 5.41) is 10.5. The highest BCUT2D eigenvalue weighted by Gasteiger charge is 2.26. The molecule has 0 bridgehead atoms. The zero-order chi connectivity index (χ0) is 15.5. The Kier molecular flexibility index (Phi) is 4.74. The molecule has 0 aliphatic heterocycles. The van der Waals surface area contributed by atoms with Crippen LogP contribution in [0.15, 0.2) is 24.3 Å². The number of rotatable bonds is 3. The van der Waals surface area contributed by atoms with E-state index in [1.807, 2.05) is 24.3 Å². The predicted molar refractivity (Wildman–Crippen MR) is 90.3 cm³/mol. The van der Waals surface area contributed by atoms with Crippen LogP contribution in [0.3, 0.4) is 0 Å². The van der Waals surface area contributed by atoms with Gasteiger partial charge in [-0.05, 0) is 25.0 Å². The fourth-order valence-corrected chi connectivity index (χ4v) is 3.72. The van der Waals surface area contributed by atoms with Crippen LogP contribution in [0, 0.1) is 5.92 Å². The summed E-state index contributed by atoms with van der Waals surface area (Å²) in [5.41, 5.74) is 0.965. The fourth-order valence-electron chi connectivity index (χ4n) is 2.78. The summed E-state index contributed by atoms with van der Waals surface area (Å²) in [5.74, 6) is 0.306. The topological polar surface area (TPSA) is 46.1 Å². The summed E-state index contributed by atoms with van der Waals surface area (Å²) < 4.78 is 0. The highest BCUT2D eigenvalue weighted by molar-refractivity contribution is 7.18. The molecule has 1 aliphatic rings. The maximum Gasteiger partial charge on any atom is 0.231 e. The number of hydrogen-bond donors (Lipinski definition) is 0. The summed E-state index contributed by atoms with van der Waals surface area (Å²) >= 11 is 7.33. The number of anilines is 1. The van der Waals surface area contributed by atoms with E-state index in [4.69, 9.17) is 11.6 Å². The maximum absolute atomic E-state index is 12.5. The molecule has 1 amide bonds. The second kappa shape index (κ2) is 6.75. The quantitative estimate of drug-likeness (QED) is 0.835. The van der Waals surface area contributed by atoms with Crippen molar-refractivity contribution in [3.05, 3.63) is 29.3 Å². The molecule has 1 aliphatic carbocycles. The van der Waals surface area contributed by atoms with E-state index in [0.717, 1.165) is 36.3 Å². The summed E-state index contributed by atoms with van der Waals surface area (Å²) in [6.07, 6.45) is 5.53. The molecule has 0 atom stereocenters. The Morgan fingerprint density at radius 2 is 1.86 bits per heavy atom. The van der Waals surface area contributed by atoms with Crippen molar-refractivity contribution in [2.45, 2.75) is 32.1 Å². The zero-order valence-electron chi connectivity index (χ0n) is 12.5. The molecule has 0 N–H and O–H groups in total. The molecule has 1 saturated carbocycles. The van der Waals surface area contributed by atoms with Gasteiger partial charge in [-0.15, -0.1) is 10.2 Å². The van der Waals surface area contributed by atoms with Gasteiger partial charge in [0.05, 0.1) is 0 Å². The molecule has 6 heteroatoms. The van der Waals surface area contributed by atoms with Gasteiger partial charge in [-0.1, -0.05) is 54.3 Å². The van der Waals surface area contributed by atoms with Crippen LogP contribution in [0.25, 0.3) is 10.6 Å². The first-order valence-corrected chi connectivity index (χ1v) is 8.71. The lowest BCUT2D eigenvalue weighted by molar-refractivity contribution is -0.123. The summed E-state index contributed by atoms with van der Waals surface area (Å²) in [4.78, 5) is 14.2. The van der Waals surface area contributed by atoms with E-state index in [1.54, 1.807) is 11.9 Å². The van der Waals surface area contributed by atoms with E-state index in [9.17, 15) is 4.79 Å². The molecule has 1 aromatic heterocycles. The smallest absolute Gasteiger partial charge is 0.231 e. The van der Waals surface area contributed by atoms with Crippen LogP contribution in [0.1, 0.15) is 32.1 Å². The second-order valence-corrected chi connectivity index (χ2v) is 7.02. The van der Waals surface area contributed by atoms with Crippen LogP contribution < -0.4 is 4.90 Å². The molecule has 0 spiro atoms. The van der Waals surface area contributed by atoms with Crippen molar-refractivity contribution in [2.75, 3.05) is 11.9 Å². The zero-order valence-corrected chi connectivity index (χ0v) is 14.0. The van der Waals surface area contributed by atoms with Gasteiger partial charge < -0.3 is 0 Å². The van der Waals surface area contributed by atoms with Crippen LogP contribution in [-0.4, -0.2) is 23.2 Å². The van der Waals surface area contributed by atoms with Gasteiger partial charge in [-0.3, -0.25) is 9.69 Å². The molecule has 4 nitrogen and oxygen atoms in total. The first-order valence-electron chi connectivity index (χ1n) is 7.52. The van der Waals surface area contributed by atoms with E-state index in [1.165, 1.54) is 17.8 Å². The monoisotopic (exact) mass is 335 g/mol. The number of nitrogens with zero attached hydrogens (tertiary/aromatic N) is 3. The highest BCUT2D eigenvalue weighted by atomic mass is 35.5. The lowest BCUT2D eigenvalue weighted by Gasteiger charge is -2.24. The lowest BCUT2D eigenvalue weighted by atomic mass is 9.88. The third kappa shape index (κ3) is 3.31. The van der Waals surface area contributed by atoms with Gasteiger partial charge in [0.25, 0.3) is 0 Å². The lowest BCUT2D eigenvalue weighted by Crippen LogP contribution is -2.33. The van der Waals surface area contributed by atoms with Crippen molar-refractivity contribution in [3.63, 3.8) is 0 Å². The van der Waals surface area contributed by atoms with E-state index in [0.29, 0.717) is 10.2 Å². The fraction of sp³-hybridized carbons (Fsp3) is 0.438. The molecule has 1 heterocycles. The van der Waals surface area contributed by atoms with E-state index < -0.39 is 0 Å². The van der Waals surface area contributed by atoms with Crippen molar-refractivity contribution < 1.29 is 4.79 Å². The second-order valence-electron chi connectivity index (χ2n) is 5.63. The molecule has 22 heavy (non-hydrogen) atoms. The molecular formula is C16H18ClN3OS. The van der Waals surface area contributed by atoms with Gasteiger partial charge >= 0.3 is 0 Å². The predicted octanol–water partition coefficient (Wildman–Crippen LogP) is 4.40. The third-order valence-corrected chi connectivity index (χ3v) is 5.38. The third-order valence-electron chi connectivity index (χ3n) is 4.08. The van der Waals surface area contributed by atoms with Gasteiger partial charge in [0, 0.05) is 23.6 Å². The van der Waals surface area contributed by atoms with Gasteiger partial charge in [0.1, 0.15) is 5.01 Å². The molecule has 3 rings (SSSR count). The molecule has 0 unspecified atom stereocenters. The molecule has 2 aromatic rings. The Labute approximate surface area is 139 Å². The van der Waals surface area contributed by atoms with Crippen molar-refractivity contribution in [1.29, 1.82) is 0 Å². The number of hydrogen-bond acceptors (Lipinski definition) is 4. The average Bonchev–Trinajstić information content (AvgIpc) is 3.05. The molecular weight excluding hydrogens is 318 g/mol. The molecule has 0 radical (unpaired) electrons. The van der Waals surface area contributed by atoms with Crippen LogP contribution in [0.2, 0.25) is 5.02 Å². The summed E-state index contributed by atoms with van der Waals surface area (Å²) in [7, 11) is 1.79. The van der Waals surface area contributed by atoms with E-state index >= 15 is 0 Å². The minimum absolute atomic E-state index is 0.140. The number of carbonyl (C=O) groups excluding carboxylic acids is 1. The minimum Gasteiger partial charge on any atom is -0.290 e. The van der Waals surface area contributed by atoms with E-state index in [2.05, 4.69) is 10.2 Å². The van der Waals surface area contributed by atoms with Crippen LogP contribution >= 0.6 is 22.9 Å². The van der Waals surface area contributed by atoms with Crippen LogP contribution in [-0.2, 0) is 4.79 Å². The Hall–Kier alpha value is -1.46. The molecule has 116 valence electrons. The van der Waals surface area contributed by atoms with Crippen LogP contribution in [0.5, 0.6) is 0 Å². The van der Waals surface area contributed by atoms with Crippen molar-refractivity contribution in [3.8, 4) is 10.6 Å². The van der Waals surface area contributed by atoms with E-state index in [-0.39, 0.29) is 11.8 Å². The Morgan fingerprint density at radius 3 is 2.55 bits per heavy atom. The Bertz CT molecular complexity index is 650. The summed E-state index contributed by atoms with van der Waals surface area (Å²) in [6, 6.07) is 7.48. The van der Waals surface area contributed by atoms with Gasteiger partial charge in [-0.2, -0.15) is 0 Å². The number of aromatic nitrogens is 2. The Balaban J connectivity index is 1.74.